The van der Waals surface area contributed by atoms with Crippen molar-refractivity contribution in [3.8, 4) is 0 Å². The van der Waals surface area contributed by atoms with E-state index in [1.807, 2.05) is 18.2 Å². The Morgan fingerprint density at radius 3 is 2.56 bits per heavy atom. The van der Waals surface area contributed by atoms with E-state index < -0.39 is 23.9 Å². The highest BCUT2D eigenvalue weighted by molar-refractivity contribution is 7.17. The van der Waals surface area contributed by atoms with Gasteiger partial charge in [-0.1, -0.05) is 30.3 Å². The van der Waals surface area contributed by atoms with Crippen LogP contribution in [0.1, 0.15) is 62.9 Å². The van der Waals surface area contributed by atoms with Crippen LogP contribution in [-0.2, 0) is 27.1 Å². The molecule has 1 N–H and O–H groups in total. The van der Waals surface area contributed by atoms with Gasteiger partial charge >= 0.3 is 11.9 Å². The first-order chi connectivity index (χ1) is 16.5. The highest BCUT2D eigenvalue weighted by Gasteiger charge is 2.31. The number of fused-ring (bicyclic) bond motifs is 1. The smallest absolute Gasteiger partial charge is 0.341 e. The molecule has 0 saturated carbocycles. The first-order valence-electron chi connectivity index (χ1n) is 11.3. The van der Waals surface area contributed by atoms with E-state index in [-0.39, 0.29) is 6.61 Å². The number of nitrogens with zero attached hydrogens (tertiary/aromatic N) is 1. The molecule has 0 radical (unpaired) electrons. The molecule has 2 heterocycles. The number of carbonyl (C=O) groups is 3. The second-order valence-electron chi connectivity index (χ2n) is 8.05. The number of hydrogen-bond donors (Lipinski definition) is 1. The monoisotopic (exact) mass is 478 g/mol. The van der Waals surface area contributed by atoms with Crippen LogP contribution in [0, 0.1) is 0 Å². The molecule has 0 aliphatic heterocycles. The summed E-state index contributed by atoms with van der Waals surface area (Å²) in [5.41, 5.74) is 2.92. The third-order valence-corrected chi connectivity index (χ3v) is 6.99. The van der Waals surface area contributed by atoms with Gasteiger partial charge in [0.05, 0.1) is 17.7 Å². The average molecular weight is 479 g/mol. The predicted octanol–water partition coefficient (Wildman–Crippen LogP) is 4.78. The van der Waals surface area contributed by atoms with Crippen molar-refractivity contribution in [3.63, 3.8) is 0 Å². The van der Waals surface area contributed by atoms with E-state index in [9.17, 15) is 14.4 Å². The second kappa shape index (κ2) is 10.6. The van der Waals surface area contributed by atoms with E-state index in [2.05, 4.69) is 22.4 Å². The minimum absolute atomic E-state index is 0.240. The van der Waals surface area contributed by atoms with Crippen molar-refractivity contribution in [2.24, 2.45) is 0 Å². The van der Waals surface area contributed by atoms with E-state index in [0.717, 1.165) is 29.7 Å². The summed E-state index contributed by atoms with van der Waals surface area (Å²) >= 11 is 1.39. The molecule has 8 heteroatoms. The summed E-state index contributed by atoms with van der Waals surface area (Å²) in [6.45, 7) is 3.49. The van der Waals surface area contributed by atoms with Gasteiger partial charge in [0.2, 0.25) is 0 Å². The summed E-state index contributed by atoms with van der Waals surface area (Å²) < 4.78 is 10.6. The number of benzene rings is 1. The number of pyridine rings is 1. The zero-order chi connectivity index (χ0) is 24.1. The average Bonchev–Trinajstić information content (AvgIpc) is 3.22. The molecule has 7 nitrogen and oxygen atoms in total. The molecule has 4 rings (SSSR count). The van der Waals surface area contributed by atoms with E-state index >= 15 is 0 Å². The number of aromatic nitrogens is 1. The lowest BCUT2D eigenvalue weighted by Gasteiger charge is -2.23. The number of ether oxygens (including phenoxy) is 2. The van der Waals surface area contributed by atoms with E-state index in [4.69, 9.17) is 9.47 Å². The summed E-state index contributed by atoms with van der Waals surface area (Å²) in [6, 6.07) is 13.3. The fraction of sp³-hybridized carbons (Fsp3) is 0.308. The van der Waals surface area contributed by atoms with Crippen LogP contribution in [0.25, 0.3) is 0 Å². The third kappa shape index (κ3) is 5.17. The Morgan fingerprint density at radius 1 is 1.12 bits per heavy atom. The molecule has 0 bridgehead atoms. The fourth-order valence-corrected chi connectivity index (χ4v) is 5.41. The van der Waals surface area contributed by atoms with Crippen LogP contribution in [0.5, 0.6) is 0 Å². The number of carbonyl (C=O) groups excluding carboxylic acids is 3. The number of anilines is 1. The van der Waals surface area contributed by atoms with E-state index in [1.54, 1.807) is 6.92 Å². The summed E-state index contributed by atoms with van der Waals surface area (Å²) in [6.07, 6.45) is 4.33. The number of hydrogen-bond acceptors (Lipinski definition) is 7. The topological polar surface area (TPSA) is 94.6 Å². The van der Waals surface area contributed by atoms with Crippen molar-refractivity contribution in [2.75, 3.05) is 11.9 Å². The van der Waals surface area contributed by atoms with Gasteiger partial charge in [-0.15, -0.1) is 11.3 Å². The molecule has 2 atom stereocenters. The number of amides is 1. The van der Waals surface area contributed by atoms with Crippen molar-refractivity contribution < 1.29 is 23.9 Å². The second-order valence-corrected chi connectivity index (χ2v) is 9.16. The molecule has 0 fully saturated rings. The lowest BCUT2D eigenvalue weighted by molar-refractivity contribution is -0.123. The molecular formula is C26H26N2O5S. The molecule has 34 heavy (non-hydrogen) atoms. The Kier molecular flexibility index (Phi) is 7.37. The lowest BCUT2D eigenvalue weighted by Crippen LogP contribution is -2.30. The maximum absolute atomic E-state index is 12.9. The van der Waals surface area contributed by atoms with Gasteiger partial charge in [-0.3, -0.25) is 9.78 Å². The Hall–Kier alpha value is -3.52. The lowest BCUT2D eigenvalue weighted by atomic mass is 9.83. The Morgan fingerprint density at radius 2 is 1.85 bits per heavy atom. The summed E-state index contributed by atoms with van der Waals surface area (Å²) in [4.78, 5) is 42.9. The minimum atomic E-state index is -1.05. The van der Waals surface area contributed by atoms with E-state index in [1.165, 1.54) is 48.4 Å². The molecule has 1 aliphatic rings. The highest BCUT2D eigenvalue weighted by atomic mass is 32.1. The molecule has 2 unspecified atom stereocenters. The van der Waals surface area contributed by atoms with Crippen LogP contribution >= 0.6 is 11.3 Å². The predicted molar refractivity (Wildman–Crippen MR) is 129 cm³/mol. The van der Waals surface area contributed by atoms with Gasteiger partial charge in [0.25, 0.3) is 5.91 Å². The number of thiophene rings is 1. The quantitative estimate of drug-likeness (QED) is 0.491. The molecule has 1 aliphatic carbocycles. The van der Waals surface area contributed by atoms with Gasteiger partial charge in [0.15, 0.2) is 6.10 Å². The van der Waals surface area contributed by atoms with Crippen LogP contribution in [-0.4, -0.2) is 35.5 Å². The fourth-order valence-electron chi connectivity index (χ4n) is 4.09. The van der Waals surface area contributed by atoms with Gasteiger partial charge in [0, 0.05) is 17.3 Å². The zero-order valence-corrected chi connectivity index (χ0v) is 19.9. The van der Waals surface area contributed by atoms with Gasteiger partial charge in [-0.05, 0) is 62.3 Å². The largest absolute Gasteiger partial charge is 0.462 e. The molecule has 1 amide bonds. The Balaban J connectivity index is 1.54. The van der Waals surface area contributed by atoms with Crippen LogP contribution in [0.3, 0.4) is 0 Å². The van der Waals surface area contributed by atoms with Crippen molar-refractivity contribution in [2.45, 2.75) is 45.1 Å². The van der Waals surface area contributed by atoms with Crippen LogP contribution < -0.4 is 5.32 Å². The number of rotatable bonds is 7. The molecule has 0 saturated heterocycles. The van der Waals surface area contributed by atoms with Gasteiger partial charge in [-0.25, -0.2) is 9.59 Å². The standard InChI is InChI=1S/C26H26N2O5S/c1-3-32-26(31)22-20-10-9-19(17-7-5-4-6-8-17)15-21(20)34-24(22)28-23(29)16(2)33-25(30)18-11-13-27-14-12-18/h4-8,11-14,16,19H,3,9-10,15H2,1-2H3,(H,28,29). The van der Waals surface area contributed by atoms with Gasteiger partial charge in [0.1, 0.15) is 5.00 Å². The first kappa shape index (κ1) is 23.6. The van der Waals surface area contributed by atoms with Crippen molar-refractivity contribution in [1.29, 1.82) is 0 Å². The molecular weight excluding hydrogens is 452 g/mol. The van der Waals surface area contributed by atoms with Crippen molar-refractivity contribution in [3.05, 3.63) is 82.0 Å². The first-order valence-corrected chi connectivity index (χ1v) is 12.1. The Bertz CT molecular complexity index is 1180. The van der Waals surface area contributed by atoms with Gasteiger partial charge < -0.3 is 14.8 Å². The minimum Gasteiger partial charge on any atom is -0.462 e. The molecule has 2 aromatic heterocycles. The summed E-state index contributed by atoms with van der Waals surface area (Å²) in [7, 11) is 0. The van der Waals surface area contributed by atoms with Crippen LogP contribution in [0.15, 0.2) is 54.9 Å². The molecule has 0 spiro atoms. The highest BCUT2D eigenvalue weighted by Crippen LogP contribution is 2.42. The van der Waals surface area contributed by atoms with Crippen LogP contribution in [0.2, 0.25) is 0 Å². The van der Waals surface area contributed by atoms with E-state index in [0.29, 0.717) is 22.0 Å². The van der Waals surface area contributed by atoms with Crippen molar-refractivity contribution >= 4 is 34.2 Å². The Labute approximate surface area is 202 Å². The van der Waals surface area contributed by atoms with Gasteiger partial charge in [-0.2, -0.15) is 0 Å². The summed E-state index contributed by atoms with van der Waals surface area (Å²) in [5.74, 6) is -1.22. The number of nitrogens with one attached hydrogen (secondary N) is 1. The van der Waals surface area contributed by atoms with Crippen molar-refractivity contribution in [1.82, 2.24) is 4.98 Å². The number of esters is 2. The summed E-state index contributed by atoms with van der Waals surface area (Å²) in [5, 5.41) is 3.25. The molecule has 1 aromatic carbocycles. The third-order valence-electron chi connectivity index (χ3n) is 5.82. The van der Waals surface area contributed by atoms with Crippen LogP contribution in [0.4, 0.5) is 5.00 Å². The molecule has 3 aromatic rings. The zero-order valence-electron chi connectivity index (χ0n) is 19.1. The normalized spacial score (nSPS) is 15.6. The molecule has 176 valence electrons. The SMILES string of the molecule is CCOC(=O)c1c(NC(=O)C(C)OC(=O)c2ccncc2)sc2c1CCC(c1ccccc1)C2. The maximum Gasteiger partial charge on any atom is 0.341 e. The maximum atomic E-state index is 12.9.